The molecule has 0 spiro atoms. The maximum absolute atomic E-state index is 12.7. The summed E-state index contributed by atoms with van der Waals surface area (Å²) in [5.74, 6) is 0. The zero-order valence-corrected chi connectivity index (χ0v) is 17.2. The first kappa shape index (κ1) is 26.5. The molecule has 1 aromatic carbocycles. The van der Waals surface area contributed by atoms with Crippen LogP contribution in [0.15, 0.2) is 36.5 Å². The molecule has 2 atom stereocenters. The zero-order valence-electron chi connectivity index (χ0n) is 14.8. The van der Waals surface area contributed by atoms with E-state index in [1.165, 1.54) is 24.4 Å². The van der Waals surface area contributed by atoms with Crippen molar-refractivity contribution in [1.29, 1.82) is 0 Å². The van der Waals surface area contributed by atoms with Gasteiger partial charge in [0.25, 0.3) is 0 Å². The molecule has 0 saturated heterocycles. The van der Waals surface area contributed by atoms with Gasteiger partial charge in [0, 0.05) is 26.3 Å². The number of hydrogen-bond donors (Lipinski definition) is 2. The predicted molar refractivity (Wildman–Crippen MR) is 86.5 cm³/mol. The van der Waals surface area contributed by atoms with Gasteiger partial charge >= 0.3 is 12.4 Å². The van der Waals surface area contributed by atoms with E-state index in [1.54, 1.807) is 13.8 Å². The summed E-state index contributed by atoms with van der Waals surface area (Å²) in [6, 6.07) is 6.83. The SMILES string of the molecule is CC(O)CC(C)O.FC(F)(F)c1[c-]c(-c2ccccn2)cc(C(F)(F)F)c1.[Ir]. The third kappa shape index (κ3) is 9.14. The average molecular weight is 587 g/mol. The number of aromatic nitrogens is 1. The van der Waals surface area contributed by atoms with Gasteiger partial charge in [-0.25, -0.2) is 0 Å². The van der Waals surface area contributed by atoms with E-state index >= 15 is 0 Å². The summed E-state index contributed by atoms with van der Waals surface area (Å²) in [7, 11) is 0. The monoisotopic (exact) mass is 587 g/mol. The Morgan fingerprint density at radius 3 is 1.89 bits per heavy atom. The number of halogens is 6. The van der Waals surface area contributed by atoms with Crippen molar-refractivity contribution < 1.29 is 56.7 Å². The second-order valence-electron chi connectivity index (χ2n) is 5.84. The van der Waals surface area contributed by atoms with Crippen molar-refractivity contribution in [2.45, 2.75) is 44.8 Å². The van der Waals surface area contributed by atoms with Crippen molar-refractivity contribution >= 4 is 0 Å². The molecule has 0 saturated carbocycles. The number of rotatable bonds is 3. The molecule has 28 heavy (non-hydrogen) atoms. The third-order valence-electron chi connectivity index (χ3n) is 3.12. The van der Waals surface area contributed by atoms with E-state index in [-0.39, 0.29) is 49.6 Å². The summed E-state index contributed by atoms with van der Waals surface area (Å²) in [6.07, 6.45) is -8.79. The van der Waals surface area contributed by atoms with E-state index in [0.717, 1.165) is 0 Å². The minimum absolute atomic E-state index is 0. The van der Waals surface area contributed by atoms with Crippen LogP contribution in [0.2, 0.25) is 0 Å². The van der Waals surface area contributed by atoms with Gasteiger partial charge in [0.1, 0.15) is 0 Å². The van der Waals surface area contributed by atoms with Crippen molar-refractivity contribution in [3.05, 3.63) is 53.7 Å². The van der Waals surface area contributed by atoms with Gasteiger partial charge in [0.2, 0.25) is 0 Å². The normalized spacial score (nSPS) is 13.6. The first-order valence-corrected chi connectivity index (χ1v) is 7.80. The number of alkyl halides is 6. The van der Waals surface area contributed by atoms with Crippen molar-refractivity contribution in [1.82, 2.24) is 4.98 Å². The molecule has 1 heterocycles. The van der Waals surface area contributed by atoms with Gasteiger partial charge in [0.05, 0.1) is 12.2 Å². The number of aliphatic hydroxyl groups is 2. The molecule has 3 nitrogen and oxygen atoms in total. The number of aliphatic hydroxyl groups excluding tert-OH is 2. The van der Waals surface area contributed by atoms with Gasteiger partial charge in [-0.15, -0.1) is 23.8 Å². The summed E-state index contributed by atoms with van der Waals surface area (Å²) in [5.41, 5.74) is -3.23. The summed E-state index contributed by atoms with van der Waals surface area (Å²) in [5, 5.41) is 17.1. The fraction of sp³-hybridized carbons (Fsp3) is 0.389. The molecule has 0 aliphatic rings. The van der Waals surface area contributed by atoms with Crippen molar-refractivity contribution in [2.24, 2.45) is 0 Å². The summed E-state index contributed by atoms with van der Waals surface area (Å²) in [6.45, 7) is 3.32. The van der Waals surface area contributed by atoms with Crippen LogP contribution in [0.3, 0.4) is 0 Å². The molecular formula is C18H18F6IrNO2-. The predicted octanol–water partition coefficient (Wildman–Crippen LogP) is 4.72. The smallest absolute Gasteiger partial charge is 0.393 e. The van der Waals surface area contributed by atoms with Gasteiger partial charge in [-0.05, 0) is 43.2 Å². The molecule has 0 bridgehead atoms. The Morgan fingerprint density at radius 2 is 1.54 bits per heavy atom. The molecule has 10 heteroatoms. The maximum atomic E-state index is 12.7. The summed E-state index contributed by atoms with van der Waals surface area (Å²) >= 11 is 0. The minimum Gasteiger partial charge on any atom is -0.393 e. The zero-order chi connectivity index (χ0) is 20.8. The Balaban J connectivity index is 0.000000786. The van der Waals surface area contributed by atoms with Gasteiger partial charge in [-0.3, -0.25) is 0 Å². The van der Waals surface area contributed by atoms with E-state index < -0.39 is 23.5 Å². The van der Waals surface area contributed by atoms with Gasteiger partial charge in [-0.2, -0.15) is 26.3 Å². The van der Waals surface area contributed by atoms with Crippen molar-refractivity contribution in [2.75, 3.05) is 0 Å². The van der Waals surface area contributed by atoms with Crippen LogP contribution in [0.4, 0.5) is 26.3 Å². The quantitative estimate of drug-likeness (QED) is 0.405. The van der Waals surface area contributed by atoms with Crippen LogP contribution in [-0.2, 0) is 32.5 Å². The number of nitrogens with zero attached hydrogens (tertiary/aromatic N) is 1. The molecular weight excluding hydrogens is 568 g/mol. The van der Waals surface area contributed by atoms with E-state index in [0.29, 0.717) is 12.5 Å². The molecule has 2 unspecified atom stereocenters. The maximum Gasteiger partial charge on any atom is 0.399 e. The number of pyridine rings is 1. The van der Waals surface area contributed by atoms with Crippen LogP contribution in [0.1, 0.15) is 31.4 Å². The molecule has 1 aromatic heterocycles. The van der Waals surface area contributed by atoms with Crippen molar-refractivity contribution in [3.63, 3.8) is 0 Å². The van der Waals surface area contributed by atoms with Crippen molar-refractivity contribution in [3.8, 4) is 11.3 Å². The fourth-order valence-corrected chi connectivity index (χ4v) is 2.04. The molecule has 0 aliphatic heterocycles. The molecule has 2 aromatic rings. The molecule has 2 rings (SSSR count). The van der Waals surface area contributed by atoms with Gasteiger partial charge in [0.15, 0.2) is 0 Å². The van der Waals surface area contributed by atoms with Crippen LogP contribution in [0.25, 0.3) is 11.3 Å². The second-order valence-corrected chi connectivity index (χ2v) is 5.84. The Hall–Kier alpha value is -1.48. The fourth-order valence-electron chi connectivity index (χ4n) is 2.04. The first-order chi connectivity index (χ1) is 12.3. The Kier molecular flexibility index (Phi) is 10.3. The topological polar surface area (TPSA) is 53.4 Å². The molecule has 2 N–H and O–H groups in total. The van der Waals surface area contributed by atoms with Gasteiger partial charge < -0.3 is 15.2 Å². The van der Waals surface area contributed by atoms with Crippen LogP contribution in [0.5, 0.6) is 0 Å². The molecule has 159 valence electrons. The average Bonchev–Trinajstić information content (AvgIpc) is 2.53. The minimum atomic E-state index is -4.91. The number of hydrogen-bond acceptors (Lipinski definition) is 3. The second kappa shape index (κ2) is 10.9. The Morgan fingerprint density at radius 1 is 0.964 bits per heavy atom. The van der Waals surface area contributed by atoms with Crippen LogP contribution < -0.4 is 0 Å². The van der Waals surface area contributed by atoms with Crippen LogP contribution >= 0.6 is 0 Å². The Labute approximate surface area is 171 Å². The molecule has 0 aliphatic carbocycles. The first-order valence-electron chi connectivity index (χ1n) is 7.80. The standard InChI is InChI=1S/C13H6F6N.C5H12O2.Ir/c14-12(15,16)9-5-8(11-3-1-2-4-20-11)6-10(7-9)13(17,18)19;1-4(6)3-5(2)7;/h1-5,7H;4-7H,3H2,1-2H3;/q-1;;. The Bertz CT molecular complexity index is 680. The van der Waals surface area contributed by atoms with E-state index in [9.17, 15) is 26.3 Å². The van der Waals surface area contributed by atoms with E-state index in [1.807, 2.05) is 6.07 Å². The van der Waals surface area contributed by atoms with E-state index in [2.05, 4.69) is 4.98 Å². The molecule has 0 fully saturated rings. The van der Waals surface area contributed by atoms with E-state index in [4.69, 9.17) is 10.2 Å². The summed E-state index contributed by atoms with van der Waals surface area (Å²) < 4.78 is 75.8. The van der Waals surface area contributed by atoms with Crippen LogP contribution in [-0.4, -0.2) is 27.4 Å². The van der Waals surface area contributed by atoms with Gasteiger partial charge in [-0.1, -0.05) is 12.1 Å². The van der Waals surface area contributed by atoms with Crippen LogP contribution in [0, 0.1) is 6.07 Å². The number of benzene rings is 1. The molecule has 0 amide bonds. The molecule has 1 radical (unpaired) electrons. The largest absolute Gasteiger partial charge is 0.399 e. The summed E-state index contributed by atoms with van der Waals surface area (Å²) in [4.78, 5) is 3.73. The third-order valence-corrected chi connectivity index (χ3v) is 3.12.